The van der Waals surface area contributed by atoms with Gasteiger partial charge in [-0.15, -0.1) is 0 Å². The number of halogens is 1. The molecule has 0 aliphatic carbocycles. The molecule has 0 aromatic heterocycles. The van der Waals surface area contributed by atoms with E-state index in [4.69, 9.17) is 0 Å². The molecule has 0 spiro atoms. The van der Waals surface area contributed by atoms with Gasteiger partial charge in [-0.1, -0.05) is 15.9 Å². The second kappa shape index (κ2) is 4.94. The summed E-state index contributed by atoms with van der Waals surface area (Å²) in [6.45, 7) is 9.50. The van der Waals surface area contributed by atoms with Gasteiger partial charge in [-0.3, -0.25) is 0 Å². The molecule has 0 saturated heterocycles. The molecule has 14 heavy (non-hydrogen) atoms. The van der Waals surface area contributed by atoms with Gasteiger partial charge in [0.05, 0.1) is 4.75 Å². The minimum atomic E-state index is -3.20. The second-order valence-electron chi connectivity index (χ2n) is 4.51. The van der Waals surface area contributed by atoms with Gasteiger partial charge in [-0.05, 0) is 34.6 Å². The van der Waals surface area contributed by atoms with Crippen LogP contribution in [0.2, 0.25) is 0 Å². The Kier molecular flexibility index (Phi) is 5.08. The summed E-state index contributed by atoms with van der Waals surface area (Å²) in [5, 5.41) is 0.667. The van der Waals surface area contributed by atoms with E-state index in [9.17, 15) is 8.42 Å². The fourth-order valence-corrected chi connectivity index (χ4v) is 3.30. The van der Waals surface area contributed by atoms with Crippen LogP contribution in [0.5, 0.6) is 0 Å². The van der Waals surface area contributed by atoms with Crippen LogP contribution in [0.15, 0.2) is 0 Å². The van der Waals surface area contributed by atoms with Crippen LogP contribution in [0.1, 0.15) is 34.6 Å². The van der Waals surface area contributed by atoms with E-state index in [1.54, 1.807) is 25.1 Å². The summed E-state index contributed by atoms with van der Waals surface area (Å²) in [7, 11) is -3.20. The summed E-state index contributed by atoms with van der Waals surface area (Å²) in [4.78, 5) is 0. The van der Waals surface area contributed by atoms with Crippen molar-refractivity contribution >= 4 is 26.0 Å². The van der Waals surface area contributed by atoms with E-state index in [0.29, 0.717) is 11.9 Å². The van der Waals surface area contributed by atoms with E-state index < -0.39 is 14.8 Å². The molecule has 0 saturated carbocycles. The smallest absolute Gasteiger partial charge is 0.212 e. The number of rotatable bonds is 4. The molecule has 86 valence electrons. The molecule has 0 amide bonds. The predicted octanol–water partition coefficient (Wildman–Crippen LogP) is 2.22. The summed E-state index contributed by atoms with van der Waals surface area (Å²) >= 11 is 3.27. The number of hydrogen-bond acceptors (Lipinski definition) is 2. The molecule has 0 atom stereocenters. The molecule has 0 aliphatic heterocycles. The van der Waals surface area contributed by atoms with Gasteiger partial charge < -0.3 is 0 Å². The molecule has 0 aliphatic rings. The van der Waals surface area contributed by atoms with Crippen LogP contribution in [-0.4, -0.2) is 35.4 Å². The number of alkyl halides is 1. The van der Waals surface area contributed by atoms with Gasteiger partial charge in [-0.25, -0.2) is 8.42 Å². The summed E-state index contributed by atoms with van der Waals surface area (Å²) in [6.07, 6.45) is 0. The Morgan fingerprint density at radius 3 is 1.93 bits per heavy atom. The van der Waals surface area contributed by atoms with Crippen molar-refractivity contribution in [3.05, 3.63) is 0 Å². The predicted molar refractivity (Wildman–Crippen MR) is 64.3 cm³/mol. The molecule has 5 heteroatoms. The first kappa shape index (κ1) is 14.4. The van der Waals surface area contributed by atoms with Crippen LogP contribution < -0.4 is 0 Å². The Labute approximate surface area is 96.0 Å². The first-order valence-electron chi connectivity index (χ1n) is 4.72. The van der Waals surface area contributed by atoms with E-state index in [0.717, 1.165) is 0 Å². The third-order valence-corrected chi connectivity index (χ3v) is 5.09. The molecular weight excluding hydrogens is 266 g/mol. The highest BCUT2D eigenvalue weighted by Gasteiger charge is 2.36. The highest BCUT2D eigenvalue weighted by Crippen LogP contribution is 2.22. The zero-order chi connectivity index (χ0) is 11.6. The minimum absolute atomic E-state index is 0.0109. The Morgan fingerprint density at radius 2 is 1.71 bits per heavy atom. The van der Waals surface area contributed by atoms with Gasteiger partial charge in [0.2, 0.25) is 10.0 Å². The molecule has 0 aromatic carbocycles. The van der Waals surface area contributed by atoms with Gasteiger partial charge in [-0.2, -0.15) is 4.31 Å². The molecule has 0 radical (unpaired) electrons. The van der Waals surface area contributed by atoms with Gasteiger partial charge in [0.15, 0.2) is 0 Å². The molecule has 3 nitrogen and oxygen atoms in total. The topological polar surface area (TPSA) is 37.4 Å². The third-order valence-electron chi connectivity index (χ3n) is 1.96. The third kappa shape index (κ3) is 3.21. The second-order valence-corrected chi connectivity index (χ2v) is 7.95. The van der Waals surface area contributed by atoms with Gasteiger partial charge >= 0.3 is 0 Å². The Hall–Kier alpha value is 0.390. The highest BCUT2D eigenvalue weighted by atomic mass is 79.9. The van der Waals surface area contributed by atoms with Crippen molar-refractivity contribution in [3.8, 4) is 0 Å². The molecular formula is C9H20BrNO2S. The highest BCUT2D eigenvalue weighted by molar-refractivity contribution is 9.09. The van der Waals surface area contributed by atoms with Crippen molar-refractivity contribution in [2.75, 3.05) is 11.9 Å². The van der Waals surface area contributed by atoms with Crippen molar-refractivity contribution in [2.45, 2.75) is 45.4 Å². The standard InChI is InChI=1S/C9H20BrNO2S/c1-8(2)11(7-6-10)14(12,13)9(3,4)5/h8H,6-7H2,1-5H3. The van der Waals surface area contributed by atoms with Crippen molar-refractivity contribution in [1.82, 2.24) is 4.31 Å². The van der Waals surface area contributed by atoms with Crippen LogP contribution in [0, 0.1) is 0 Å². The van der Waals surface area contributed by atoms with Crippen LogP contribution in [-0.2, 0) is 10.0 Å². The van der Waals surface area contributed by atoms with Crippen LogP contribution in [0.4, 0.5) is 0 Å². The van der Waals surface area contributed by atoms with Crippen LogP contribution >= 0.6 is 15.9 Å². The zero-order valence-electron chi connectivity index (χ0n) is 9.54. The molecule has 0 rings (SSSR count). The van der Waals surface area contributed by atoms with E-state index >= 15 is 0 Å². The summed E-state index contributed by atoms with van der Waals surface area (Å²) in [5.74, 6) is 0. The van der Waals surface area contributed by atoms with Crippen LogP contribution in [0.3, 0.4) is 0 Å². The fourth-order valence-electron chi connectivity index (χ4n) is 1.09. The first-order chi connectivity index (χ1) is 6.14. The molecule has 0 bridgehead atoms. The lowest BCUT2D eigenvalue weighted by Gasteiger charge is -2.32. The van der Waals surface area contributed by atoms with Crippen molar-refractivity contribution in [1.29, 1.82) is 0 Å². The molecule has 0 fully saturated rings. The maximum atomic E-state index is 12.1. The van der Waals surface area contributed by atoms with Crippen LogP contribution in [0.25, 0.3) is 0 Å². The number of sulfonamides is 1. The fraction of sp³-hybridized carbons (Fsp3) is 1.00. The average molecular weight is 286 g/mol. The van der Waals surface area contributed by atoms with E-state index in [2.05, 4.69) is 15.9 Å². The maximum absolute atomic E-state index is 12.1. The van der Waals surface area contributed by atoms with Gasteiger partial charge in [0.25, 0.3) is 0 Å². The van der Waals surface area contributed by atoms with E-state index in [1.165, 1.54) is 0 Å². The SMILES string of the molecule is CC(C)N(CCBr)S(=O)(=O)C(C)(C)C. The lowest BCUT2D eigenvalue weighted by Crippen LogP contribution is -2.47. The zero-order valence-corrected chi connectivity index (χ0v) is 11.9. The summed E-state index contributed by atoms with van der Waals surface area (Å²) in [5.41, 5.74) is 0. The average Bonchev–Trinajstić information content (AvgIpc) is 1.96. The van der Waals surface area contributed by atoms with E-state index in [-0.39, 0.29) is 6.04 Å². The van der Waals surface area contributed by atoms with Crippen molar-refractivity contribution in [3.63, 3.8) is 0 Å². The molecule has 0 unspecified atom stereocenters. The molecule has 0 heterocycles. The normalized spacial score (nSPS) is 14.0. The van der Waals surface area contributed by atoms with Crippen molar-refractivity contribution < 1.29 is 8.42 Å². The summed E-state index contributed by atoms with van der Waals surface area (Å²) in [6, 6.07) is 0.0109. The lowest BCUT2D eigenvalue weighted by molar-refractivity contribution is 0.358. The summed E-state index contributed by atoms with van der Waals surface area (Å²) < 4.78 is 25.0. The quantitative estimate of drug-likeness (QED) is 0.743. The Balaban J connectivity index is 5.02. The monoisotopic (exact) mass is 285 g/mol. The lowest BCUT2D eigenvalue weighted by atomic mass is 10.3. The first-order valence-corrected chi connectivity index (χ1v) is 7.28. The van der Waals surface area contributed by atoms with Crippen molar-refractivity contribution in [2.24, 2.45) is 0 Å². The number of hydrogen-bond donors (Lipinski definition) is 0. The molecule has 0 N–H and O–H groups in total. The largest absolute Gasteiger partial charge is 0.219 e. The Morgan fingerprint density at radius 1 is 1.29 bits per heavy atom. The van der Waals surface area contributed by atoms with Gasteiger partial charge in [0, 0.05) is 17.9 Å². The Bertz CT molecular complexity index is 267. The van der Waals surface area contributed by atoms with Gasteiger partial charge in [0.1, 0.15) is 0 Å². The maximum Gasteiger partial charge on any atom is 0.219 e. The minimum Gasteiger partial charge on any atom is -0.212 e. The van der Waals surface area contributed by atoms with E-state index in [1.807, 2.05) is 13.8 Å². The number of nitrogens with zero attached hydrogens (tertiary/aromatic N) is 1. The molecule has 0 aromatic rings.